The van der Waals surface area contributed by atoms with Crippen LogP contribution in [0.25, 0.3) is 11.3 Å². The van der Waals surface area contributed by atoms with Crippen LogP contribution in [-0.4, -0.2) is 10.1 Å². The molecular formula is C12H10ClNO. The molecule has 3 heteroatoms. The third-order valence-corrected chi connectivity index (χ3v) is 2.37. The van der Waals surface area contributed by atoms with Crippen LogP contribution in [0.4, 0.5) is 0 Å². The molecule has 0 atom stereocenters. The number of aromatic nitrogens is 1. The Morgan fingerprint density at radius 1 is 1.07 bits per heavy atom. The molecular weight excluding hydrogens is 210 g/mol. The van der Waals surface area contributed by atoms with Gasteiger partial charge in [0.25, 0.3) is 0 Å². The quantitative estimate of drug-likeness (QED) is 0.788. The van der Waals surface area contributed by atoms with Crippen molar-refractivity contribution in [2.24, 2.45) is 0 Å². The number of benzene rings is 1. The van der Waals surface area contributed by atoms with E-state index in [-0.39, 0.29) is 6.61 Å². The molecule has 0 aliphatic rings. The predicted octanol–water partition coefficient (Wildman–Crippen LogP) is 2.89. The van der Waals surface area contributed by atoms with Crippen LogP contribution in [-0.2, 0) is 6.61 Å². The van der Waals surface area contributed by atoms with Gasteiger partial charge in [0.05, 0.1) is 12.3 Å². The lowest BCUT2D eigenvalue weighted by Crippen LogP contribution is -1.93. The lowest BCUT2D eigenvalue weighted by atomic mass is 10.1. The molecule has 0 radical (unpaired) electrons. The zero-order chi connectivity index (χ0) is 10.7. The molecule has 1 heterocycles. The van der Waals surface area contributed by atoms with Gasteiger partial charge in [-0.2, -0.15) is 0 Å². The minimum atomic E-state index is -0.0333. The van der Waals surface area contributed by atoms with Crippen LogP contribution in [0.15, 0.2) is 42.5 Å². The van der Waals surface area contributed by atoms with Crippen LogP contribution in [0.3, 0.4) is 0 Å². The van der Waals surface area contributed by atoms with Crippen molar-refractivity contribution >= 4 is 11.6 Å². The first-order valence-electron chi connectivity index (χ1n) is 4.63. The normalized spacial score (nSPS) is 10.3. The van der Waals surface area contributed by atoms with Crippen LogP contribution in [0, 0.1) is 0 Å². The first-order valence-corrected chi connectivity index (χ1v) is 5.01. The average molecular weight is 220 g/mol. The summed E-state index contributed by atoms with van der Waals surface area (Å²) >= 11 is 5.83. The van der Waals surface area contributed by atoms with E-state index in [1.54, 1.807) is 12.1 Å². The summed E-state index contributed by atoms with van der Waals surface area (Å²) in [4.78, 5) is 4.22. The second-order valence-electron chi connectivity index (χ2n) is 3.17. The molecule has 1 aromatic carbocycles. The minimum absolute atomic E-state index is 0.0333. The first kappa shape index (κ1) is 10.1. The molecule has 1 aromatic heterocycles. The van der Waals surface area contributed by atoms with E-state index < -0.39 is 0 Å². The summed E-state index contributed by atoms with van der Waals surface area (Å²) in [6, 6.07) is 13.2. The second kappa shape index (κ2) is 4.43. The van der Waals surface area contributed by atoms with Gasteiger partial charge in [0.15, 0.2) is 0 Å². The van der Waals surface area contributed by atoms with Gasteiger partial charge in [-0.1, -0.05) is 48.0 Å². The van der Waals surface area contributed by atoms with Gasteiger partial charge >= 0.3 is 0 Å². The summed E-state index contributed by atoms with van der Waals surface area (Å²) in [6.07, 6.45) is 0. The van der Waals surface area contributed by atoms with Crippen LogP contribution >= 0.6 is 11.6 Å². The highest BCUT2D eigenvalue weighted by Crippen LogP contribution is 2.23. The Kier molecular flexibility index (Phi) is 2.99. The van der Waals surface area contributed by atoms with E-state index in [2.05, 4.69) is 4.98 Å². The number of hydrogen-bond acceptors (Lipinski definition) is 2. The van der Waals surface area contributed by atoms with Crippen molar-refractivity contribution in [3.63, 3.8) is 0 Å². The van der Waals surface area contributed by atoms with Gasteiger partial charge in [0.2, 0.25) is 0 Å². The van der Waals surface area contributed by atoms with Crippen molar-refractivity contribution < 1.29 is 5.11 Å². The number of nitrogens with zero attached hydrogens (tertiary/aromatic N) is 1. The van der Waals surface area contributed by atoms with Gasteiger partial charge in [0.1, 0.15) is 5.15 Å². The number of pyridine rings is 1. The molecule has 0 aliphatic heterocycles. The smallest absolute Gasteiger partial charge is 0.129 e. The average Bonchev–Trinajstić information content (AvgIpc) is 2.30. The number of aliphatic hydroxyl groups excluding tert-OH is 1. The molecule has 2 nitrogen and oxygen atoms in total. The molecule has 0 unspecified atom stereocenters. The molecule has 76 valence electrons. The Morgan fingerprint density at radius 2 is 1.80 bits per heavy atom. The lowest BCUT2D eigenvalue weighted by molar-refractivity contribution is 0.282. The molecule has 0 aliphatic carbocycles. The van der Waals surface area contributed by atoms with E-state index in [4.69, 9.17) is 11.6 Å². The van der Waals surface area contributed by atoms with Crippen molar-refractivity contribution in [3.05, 3.63) is 53.2 Å². The predicted molar refractivity (Wildman–Crippen MR) is 60.6 cm³/mol. The summed E-state index contributed by atoms with van der Waals surface area (Å²) < 4.78 is 0. The van der Waals surface area contributed by atoms with Crippen molar-refractivity contribution in [2.45, 2.75) is 6.61 Å². The molecule has 15 heavy (non-hydrogen) atoms. The highest BCUT2D eigenvalue weighted by Gasteiger charge is 2.06. The van der Waals surface area contributed by atoms with Gasteiger partial charge in [0, 0.05) is 11.1 Å². The van der Waals surface area contributed by atoms with E-state index in [0.717, 1.165) is 16.8 Å². The number of aliphatic hydroxyl groups is 1. The van der Waals surface area contributed by atoms with E-state index >= 15 is 0 Å². The lowest BCUT2D eigenvalue weighted by Gasteiger charge is -2.06. The summed E-state index contributed by atoms with van der Waals surface area (Å²) in [5.74, 6) is 0. The van der Waals surface area contributed by atoms with Gasteiger partial charge in [-0.25, -0.2) is 4.98 Å². The zero-order valence-electron chi connectivity index (χ0n) is 8.02. The fourth-order valence-corrected chi connectivity index (χ4v) is 1.59. The molecule has 0 spiro atoms. The fourth-order valence-electron chi connectivity index (χ4n) is 1.44. The van der Waals surface area contributed by atoms with Gasteiger partial charge < -0.3 is 5.11 Å². The van der Waals surface area contributed by atoms with Gasteiger partial charge in [-0.3, -0.25) is 0 Å². The third kappa shape index (κ3) is 2.17. The molecule has 0 saturated heterocycles. The molecule has 0 amide bonds. The molecule has 2 aromatic rings. The number of hydrogen-bond donors (Lipinski definition) is 1. The number of rotatable bonds is 2. The van der Waals surface area contributed by atoms with Crippen LogP contribution in [0.2, 0.25) is 5.15 Å². The van der Waals surface area contributed by atoms with Crippen LogP contribution in [0.5, 0.6) is 0 Å². The first-order chi connectivity index (χ1) is 7.31. The second-order valence-corrected chi connectivity index (χ2v) is 3.55. The monoisotopic (exact) mass is 219 g/mol. The highest BCUT2D eigenvalue weighted by atomic mass is 35.5. The van der Waals surface area contributed by atoms with Crippen molar-refractivity contribution in [1.29, 1.82) is 0 Å². The SMILES string of the molecule is OCc1ccc(Cl)nc1-c1ccccc1. The standard InChI is InChI=1S/C12H10ClNO/c13-11-7-6-10(8-15)12(14-11)9-4-2-1-3-5-9/h1-7,15H,8H2. The fraction of sp³-hybridized carbons (Fsp3) is 0.0833. The van der Waals surface area contributed by atoms with Crippen molar-refractivity contribution in [2.75, 3.05) is 0 Å². The number of halogens is 1. The maximum absolute atomic E-state index is 9.19. The molecule has 1 N–H and O–H groups in total. The molecule has 0 saturated carbocycles. The summed E-state index contributed by atoms with van der Waals surface area (Å²) in [5.41, 5.74) is 2.49. The van der Waals surface area contributed by atoms with Crippen molar-refractivity contribution in [3.8, 4) is 11.3 Å². The Labute approximate surface area is 93.2 Å². The maximum atomic E-state index is 9.19. The Balaban J connectivity index is 2.56. The summed E-state index contributed by atoms with van der Waals surface area (Å²) in [7, 11) is 0. The molecule has 0 fully saturated rings. The van der Waals surface area contributed by atoms with Crippen LogP contribution < -0.4 is 0 Å². The minimum Gasteiger partial charge on any atom is -0.392 e. The van der Waals surface area contributed by atoms with E-state index in [0.29, 0.717) is 5.15 Å². The van der Waals surface area contributed by atoms with E-state index in [9.17, 15) is 5.11 Å². The Hall–Kier alpha value is -1.38. The summed E-state index contributed by atoms with van der Waals surface area (Å²) in [6.45, 7) is -0.0333. The Bertz CT molecular complexity index is 456. The Morgan fingerprint density at radius 3 is 2.47 bits per heavy atom. The third-order valence-electron chi connectivity index (χ3n) is 2.16. The van der Waals surface area contributed by atoms with E-state index in [1.165, 1.54) is 0 Å². The van der Waals surface area contributed by atoms with Crippen LogP contribution in [0.1, 0.15) is 5.56 Å². The zero-order valence-corrected chi connectivity index (χ0v) is 8.78. The van der Waals surface area contributed by atoms with Gasteiger partial charge in [-0.05, 0) is 6.07 Å². The molecule has 0 bridgehead atoms. The largest absolute Gasteiger partial charge is 0.392 e. The van der Waals surface area contributed by atoms with E-state index in [1.807, 2.05) is 30.3 Å². The van der Waals surface area contributed by atoms with Gasteiger partial charge in [-0.15, -0.1) is 0 Å². The molecule has 2 rings (SSSR count). The topological polar surface area (TPSA) is 33.1 Å². The maximum Gasteiger partial charge on any atom is 0.129 e. The summed E-state index contributed by atoms with van der Waals surface area (Å²) in [5, 5.41) is 9.62. The highest BCUT2D eigenvalue weighted by molar-refractivity contribution is 6.29. The van der Waals surface area contributed by atoms with Crippen molar-refractivity contribution in [1.82, 2.24) is 4.98 Å².